The summed E-state index contributed by atoms with van der Waals surface area (Å²) >= 11 is 3.68. The van der Waals surface area contributed by atoms with E-state index in [1.807, 2.05) is 0 Å². The standard InChI is InChI=1S/C14H21BrN2O/c1-11-5-6-14(13(15)10-11)17-8-3-2-4-12(17)7-9-18-16/h5-6,10,12H,2-4,7-9,16H2,1H3. The van der Waals surface area contributed by atoms with Crippen LogP contribution in [0, 0.1) is 6.92 Å². The Morgan fingerprint density at radius 1 is 1.44 bits per heavy atom. The Hall–Kier alpha value is -0.580. The van der Waals surface area contributed by atoms with Gasteiger partial charge in [-0.2, -0.15) is 0 Å². The number of benzene rings is 1. The number of nitrogens with two attached hydrogens (primary N) is 1. The second-order valence-electron chi connectivity index (χ2n) is 4.96. The first-order valence-corrected chi connectivity index (χ1v) is 7.36. The van der Waals surface area contributed by atoms with Crippen LogP contribution in [0.1, 0.15) is 31.2 Å². The third-order valence-electron chi connectivity index (χ3n) is 3.61. The van der Waals surface area contributed by atoms with Gasteiger partial charge in [-0.25, -0.2) is 5.90 Å². The Morgan fingerprint density at radius 2 is 2.28 bits per heavy atom. The monoisotopic (exact) mass is 312 g/mol. The Kier molecular flexibility index (Phi) is 5.03. The quantitative estimate of drug-likeness (QED) is 0.866. The molecule has 1 aliphatic rings. The summed E-state index contributed by atoms with van der Waals surface area (Å²) in [6, 6.07) is 7.11. The molecule has 4 heteroatoms. The lowest BCUT2D eigenvalue weighted by Crippen LogP contribution is -2.40. The minimum Gasteiger partial charge on any atom is -0.368 e. The zero-order valence-electron chi connectivity index (χ0n) is 10.9. The summed E-state index contributed by atoms with van der Waals surface area (Å²) in [7, 11) is 0. The zero-order valence-corrected chi connectivity index (χ0v) is 12.4. The normalized spacial score (nSPS) is 20.2. The molecular formula is C14H21BrN2O. The summed E-state index contributed by atoms with van der Waals surface area (Å²) in [5, 5.41) is 0. The van der Waals surface area contributed by atoms with Gasteiger partial charge in [0.1, 0.15) is 0 Å². The van der Waals surface area contributed by atoms with Crippen molar-refractivity contribution in [2.24, 2.45) is 5.90 Å². The van der Waals surface area contributed by atoms with Crippen molar-refractivity contribution in [1.29, 1.82) is 0 Å². The van der Waals surface area contributed by atoms with E-state index in [1.165, 1.54) is 35.0 Å². The number of aryl methyl sites for hydroxylation is 1. The SMILES string of the molecule is Cc1ccc(N2CCCCC2CCON)c(Br)c1. The molecule has 18 heavy (non-hydrogen) atoms. The van der Waals surface area contributed by atoms with Crippen LogP contribution in [0.15, 0.2) is 22.7 Å². The predicted octanol–water partition coefficient (Wildman–Crippen LogP) is 3.40. The van der Waals surface area contributed by atoms with Crippen LogP contribution in [0.3, 0.4) is 0 Å². The van der Waals surface area contributed by atoms with Crippen LogP contribution in [0.5, 0.6) is 0 Å². The molecule has 2 N–H and O–H groups in total. The van der Waals surface area contributed by atoms with Gasteiger partial charge in [-0.05, 0) is 66.2 Å². The minimum atomic E-state index is 0.543. The maximum absolute atomic E-state index is 5.15. The molecule has 1 unspecified atom stereocenters. The Bertz CT molecular complexity index is 397. The van der Waals surface area contributed by atoms with Gasteiger partial charge in [-0.15, -0.1) is 0 Å². The van der Waals surface area contributed by atoms with Gasteiger partial charge in [0, 0.05) is 17.1 Å². The van der Waals surface area contributed by atoms with E-state index in [2.05, 4.69) is 46.0 Å². The number of halogens is 1. The molecule has 0 aromatic heterocycles. The zero-order chi connectivity index (χ0) is 13.0. The van der Waals surface area contributed by atoms with Gasteiger partial charge in [-0.1, -0.05) is 6.07 Å². The fourth-order valence-corrected chi connectivity index (χ4v) is 3.39. The van der Waals surface area contributed by atoms with E-state index < -0.39 is 0 Å². The topological polar surface area (TPSA) is 38.5 Å². The molecule has 1 aromatic rings. The van der Waals surface area contributed by atoms with Crippen molar-refractivity contribution in [3.63, 3.8) is 0 Å². The summed E-state index contributed by atoms with van der Waals surface area (Å²) < 4.78 is 1.18. The molecule has 3 nitrogen and oxygen atoms in total. The van der Waals surface area contributed by atoms with E-state index in [-0.39, 0.29) is 0 Å². The molecule has 1 aliphatic heterocycles. The first-order valence-electron chi connectivity index (χ1n) is 6.57. The lowest BCUT2D eigenvalue weighted by atomic mass is 9.98. The van der Waals surface area contributed by atoms with E-state index in [9.17, 15) is 0 Å². The number of anilines is 1. The molecule has 0 amide bonds. The Balaban J connectivity index is 2.16. The molecule has 0 saturated carbocycles. The van der Waals surface area contributed by atoms with Crippen LogP contribution in [-0.4, -0.2) is 19.2 Å². The van der Waals surface area contributed by atoms with Crippen LogP contribution >= 0.6 is 15.9 Å². The molecule has 1 heterocycles. The summed E-state index contributed by atoms with van der Waals surface area (Å²) in [6.07, 6.45) is 4.79. The molecule has 0 spiro atoms. The number of rotatable bonds is 4. The highest BCUT2D eigenvalue weighted by Crippen LogP contribution is 2.33. The minimum absolute atomic E-state index is 0.543. The highest BCUT2D eigenvalue weighted by molar-refractivity contribution is 9.10. The summed E-state index contributed by atoms with van der Waals surface area (Å²) in [6.45, 7) is 3.87. The van der Waals surface area contributed by atoms with Crippen molar-refractivity contribution < 1.29 is 4.84 Å². The fourth-order valence-electron chi connectivity index (χ4n) is 2.67. The second kappa shape index (κ2) is 6.55. The lowest BCUT2D eigenvalue weighted by Gasteiger charge is -2.38. The van der Waals surface area contributed by atoms with Gasteiger partial charge in [-0.3, -0.25) is 0 Å². The molecule has 0 radical (unpaired) electrons. The van der Waals surface area contributed by atoms with Gasteiger partial charge in [0.25, 0.3) is 0 Å². The maximum atomic E-state index is 5.15. The third kappa shape index (κ3) is 3.25. The average Bonchev–Trinajstić information content (AvgIpc) is 2.37. The lowest BCUT2D eigenvalue weighted by molar-refractivity contribution is 0.127. The van der Waals surface area contributed by atoms with Gasteiger partial charge in [0.15, 0.2) is 0 Å². The Morgan fingerprint density at radius 3 is 3.00 bits per heavy atom. The number of nitrogens with zero attached hydrogens (tertiary/aromatic N) is 1. The van der Waals surface area contributed by atoms with E-state index in [0.717, 1.165) is 13.0 Å². The Labute approximate surface area is 117 Å². The third-order valence-corrected chi connectivity index (χ3v) is 4.24. The molecule has 100 valence electrons. The van der Waals surface area contributed by atoms with Crippen LogP contribution in [0.2, 0.25) is 0 Å². The first kappa shape index (κ1) is 13.8. The van der Waals surface area contributed by atoms with Gasteiger partial charge in [0.05, 0.1) is 12.3 Å². The fraction of sp³-hybridized carbons (Fsp3) is 0.571. The van der Waals surface area contributed by atoms with Crippen LogP contribution in [0.4, 0.5) is 5.69 Å². The van der Waals surface area contributed by atoms with Crippen LogP contribution < -0.4 is 10.8 Å². The van der Waals surface area contributed by atoms with Crippen LogP contribution in [0.25, 0.3) is 0 Å². The summed E-state index contributed by atoms with van der Waals surface area (Å²) in [4.78, 5) is 7.23. The van der Waals surface area contributed by atoms with Crippen molar-refractivity contribution >= 4 is 21.6 Å². The second-order valence-corrected chi connectivity index (χ2v) is 5.81. The summed E-state index contributed by atoms with van der Waals surface area (Å²) in [5.41, 5.74) is 2.58. The van der Waals surface area contributed by atoms with Crippen molar-refractivity contribution in [3.8, 4) is 0 Å². The largest absolute Gasteiger partial charge is 0.368 e. The average molecular weight is 313 g/mol. The number of hydrogen-bond acceptors (Lipinski definition) is 3. The highest BCUT2D eigenvalue weighted by Gasteiger charge is 2.23. The van der Waals surface area contributed by atoms with Gasteiger partial charge >= 0.3 is 0 Å². The number of hydrogen-bond donors (Lipinski definition) is 1. The highest BCUT2D eigenvalue weighted by atomic mass is 79.9. The molecule has 1 atom stereocenters. The van der Waals surface area contributed by atoms with E-state index in [1.54, 1.807) is 0 Å². The first-order chi connectivity index (χ1) is 8.72. The molecule has 0 aliphatic carbocycles. The van der Waals surface area contributed by atoms with E-state index in [4.69, 9.17) is 10.7 Å². The molecule has 1 saturated heterocycles. The van der Waals surface area contributed by atoms with Crippen molar-refractivity contribution in [2.45, 2.75) is 38.6 Å². The van der Waals surface area contributed by atoms with Gasteiger partial charge < -0.3 is 9.74 Å². The van der Waals surface area contributed by atoms with Gasteiger partial charge in [0.2, 0.25) is 0 Å². The molecule has 1 aromatic carbocycles. The molecule has 2 rings (SSSR count). The van der Waals surface area contributed by atoms with Crippen molar-refractivity contribution in [2.75, 3.05) is 18.1 Å². The molecular weight excluding hydrogens is 292 g/mol. The smallest absolute Gasteiger partial charge is 0.0698 e. The molecule has 1 fully saturated rings. The predicted molar refractivity (Wildman–Crippen MR) is 78.6 cm³/mol. The van der Waals surface area contributed by atoms with E-state index in [0.29, 0.717) is 12.6 Å². The number of piperidine rings is 1. The van der Waals surface area contributed by atoms with E-state index >= 15 is 0 Å². The molecule has 0 bridgehead atoms. The maximum Gasteiger partial charge on any atom is 0.0698 e. The van der Waals surface area contributed by atoms with Crippen molar-refractivity contribution in [1.82, 2.24) is 0 Å². The van der Waals surface area contributed by atoms with Crippen LogP contribution in [-0.2, 0) is 4.84 Å². The summed E-state index contributed by atoms with van der Waals surface area (Å²) in [5.74, 6) is 5.15. The van der Waals surface area contributed by atoms with Crippen molar-refractivity contribution in [3.05, 3.63) is 28.2 Å².